The molecule has 1 aliphatic rings. The van der Waals surface area contributed by atoms with Gasteiger partial charge in [0.05, 0.1) is 16.6 Å². The number of amides is 2. The van der Waals surface area contributed by atoms with Crippen LogP contribution in [0.2, 0.25) is 0 Å². The summed E-state index contributed by atoms with van der Waals surface area (Å²) in [5.74, 6) is -0.718. The van der Waals surface area contributed by atoms with Crippen molar-refractivity contribution < 1.29 is 22.4 Å². The van der Waals surface area contributed by atoms with Gasteiger partial charge in [-0.15, -0.1) is 5.10 Å². The average Bonchev–Trinajstić information content (AvgIpc) is 3.41. The van der Waals surface area contributed by atoms with Gasteiger partial charge in [-0.05, 0) is 30.3 Å². The smallest absolute Gasteiger partial charge is 0.322 e. The highest BCUT2D eigenvalue weighted by molar-refractivity contribution is 7.91. The van der Waals surface area contributed by atoms with E-state index < -0.39 is 15.7 Å². The molecule has 1 atom stereocenters. The third kappa shape index (κ3) is 4.33. The molecular formula is C21H20N4O5S. The summed E-state index contributed by atoms with van der Waals surface area (Å²) in [5, 5.41) is 10.3. The average molecular weight is 440 g/mol. The van der Waals surface area contributed by atoms with Crippen LogP contribution < -0.4 is 10.2 Å². The number of hydrogen-bond acceptors (Lipinski definition) is 7. The molecule has 0 bridgehead atoms. The first kappa shape index (κ1) is 20.7. The summed E-state index contributed by atoms with van der Waals surface area (Å²) in [6, 6.07) is 14.9. The van der Waals surface area contributed by atoms with Gasteiger partial charge >= 0.3 is 6.01 Å². The van der Waals surface area contributed by atoms with E-state index in [4.69, 9.17) is 4.42 Å². The first-order valence-electron chi connectivity index (χ1n) is 9.70. The maximum atomic E-state index is 12.5. The first-order chi connectivity index (χ1) is 14.9. The van der Waals surface area contributed by atoms with Gasteiger partial charge in [-0.3, -0.25) is 14.9 Å². The monoisotopic (exact) mass is 440 g/mol. The van der Waals surface area contributed by atoms with Gasteiger partial charge in [-0.25, -0.2) is 8.42 Å². The Labute approximate surface area is 179 Å². The van der Waals surface area contributed by atoms with Crippen LogP contribution in [0.5, 0.6) is 0 Å². The maximum absolute atomic E-state index is 12.5. The van der Waals surface area contributed by atoms with Gasteiger partial charge in [-0.2, -0.15) is 0 Å². The lowest BCUT2D eigenvalue weighted by Gasteiger charge is -2.15. The van der Waals surface area contributed by atoms with E-state index in [2.05, 4.69) is 15.5 Å². The molecule has 4 rings (SSSR count). The van der Waals surface area contributed by atoms with E-state index in [1.807, 2.05) is 30.3 Å². The third-order valence-corrected chi connectivity index (χ3v) is 6.77. The van der Waals surface area contributed by atoms with Crippen LogP contribution in [0.1, 0.15) is 35.5 Å². The van der Waals surface area contributed by atoms with Gasteiger partial charge in [0.25, 0.3) is 5.91 Å². The van der Waals surface area contributed by atoms with Crippen LogP contribution in [-0.2, 0) is 14.6 Å². The predicted molar refractivity (Wildman–Crippen MR) is 113 cm³/mol. The van der Waals surface area contributed by atoms with Crippen molar-refractivity contribution in [3.8, 4) is 0 Å². The van der Waals surface area contributed by atoms with Crippen molar-refractivity contribution in [3.05, 3.63) is 66.1 Å². The molecule has 1 unspecified atom stereocenters. The maximum Gasteiger partial charge on any atom is 0.322 e. The Morgan fingerprint density at radius 1 is 1.16 bits per heavy atom. The van der Waals surface area contributed by atoms with Crippen LogP contribution in [0.25, 0.3) is 0 Å². The van der Waals surface area contributed by atoms with Crippen LogP contribution in [0.3, 0.4) is 0 Å². The number of carbonyl (C=O) groups excluding carboxylic acids is 2. The van der Waals surface area contributed by atoms with Gasteiger partial charge < -0.3 is 9.32 Å². The Kier molecular flexibility index (Phi) is 5.55. The number of rotatable bonds is 6. The van der Waals surface area contributed by atoms with Crippen molar-refractivity contribution in [1.29, 1.82) is 0 Å². The SMILES string of the molecule is CCS(=O)(=O)c1cccc(C(=O)Nc2nnc(C3CC(=O)N(c4ccccc4)C3)o2)c1. The van der Waals surface area contributed by atoms with Crippen LogP contribution in [0.15, 0.2) is 63.9 Å². The molecule has 31 heavy (non-hydrogen) atoms. The molecule has 0 aliphatic carbocycles. The Bertz CT molecular complexity index is 1220. The normalized spacial score (nSPS) is 16.5. The number of nitrogens with one attached hydrogen (secondary N) is 1. The topological polar surface area (TPSA) is 122 Å². The zero-order chi connectivity index (χ0) is 22.0. The Morgan fingerprint density at radius 2 is 1.94 bits per heavy atom. The zero-order valence-corrected chi connectivity index (χ0v) is 17.5. The number of sulfone groups is 1. The molecule has 0 spiro atoms. The molecule has 10 heteroatoms. The molecule has 0 radical (unpaired) electrons. The second kappa shape index (κ2) is 8.31. The fourth-order valence-electron chi connectivity index (χ4n) is 3.35. The standard InChI is InChI=1S/C21H20N4O5S/c1-2-31(28,29)17-10-6-7-14(11-17)19(27)22-21-24-23-20(30-21)15-12-18(26)25(13-15)16-8-4-3-5-9-16/h3-11,15H,2,12-13H2,1H3,(H,22,24,27). The summed E-state index contributed by atoms with van der Waals surface area (Å²) in [6.45, 7) is 1.93. The second-order valence-electron chi connectivity index (χ2n) is 7.07. The Hall–Kier alpha value is -3.53. The second-order valence-corrected chi connectivity index (χ2v) is 9.35. The number of aromatic nitrogens is 2. The summed E-state index contributed by atoms with van der Waals surface area (Å²) in [7, 11) is -3.44. The van der Waals surface area contributed by atoms with Crippen molar-refractivity contribution in [2.75, 3.05) is 22.5 Å². The number of hydrogen-bond donors (Lipinski definition) is 1. The minimum Gasteiger partial charge on any atom is -0.407 e. The molecule has 1 N–H and O–H groups in total. The van der Waals surface area contributed by atoms with Crippen molar-refractivity contribution >= 4 is 33.4 Å². The molecule has 160 valence electrons. The lowest BCUT2D eigenvalue weighted by Crippen LogP contribution is -2.24. The molecule has 2 aromatic carbocycles. The molecule has 0 saturated carbocycles. The zero-order valence-electron chi connectivity index (χ0n) is 16.7. The number of anilines is 2. The van der Waals surface area contributed by atoms with Crippen molar-refractivity contribution in [3.63, 3.8) is 0 Å². The van der Waals surface area contributed by atoms with Gasteiger partial charge in [-0.1, -0.05) is 36.3 Å². The van der Waals surface area contributed by atoms with Crippen molar-refractivity contribution in [2.24, 2.45) is 0 Å². The lowest BCUT2D eigenvalue weighted by molar-refractivity contribution is -0.117. The predicted octanol–water partition coefficient (Wildman–Crippen LogP) is 2.64. The first-order valence-corrected chi connectivity index (χ1v) is 11.4. The Morgan fingerprint density at radius 3 is 2.68 bits per heavy atom. The molecule has 1 aromatic heterocycles. The highest BCUT2D eigenvalue weighted by atomic mass is 32.2. The molecule has 2 amide bonds. The lowest BCUT2D eigenvalue weighted by atomic mass is 10.1. The van der Waals surface area contributed by atoms with Gasteiger partial charge in [0.1, 0.15) is 0 Å². The van der Waals surface area contributed by atoms with E-state index in [-0.39, 0.29) is 46.4 Å². The van der Waals surface area contributed by atoms with Crippen LogP contribution >= 0.6 is 0 Å². The fraction of sp³-hybridized carbons (Fsp3) is 0.238. The fourth-order valence-corrected chi connectivity index (χ4v) is 4.27. The number of para-hydroxylation sites is 1. The van der Waals surface area contributed by atoms with Crippen LogP contribution in [-0.4, -0.2) is 42.7 Å². The van der Waals surface area contributed by atoms with Crippen molar-refractivity contribution in [1.82, 2.24) is 10.2 Å². The summed E-state index contributed by atoms with van der Waals surface area (Å²) in [5.41, 5.74) is 0.950. The van der Waals surface area contributed by atoms with Gasteiger partial charge in [0.15, 0.2) is 9.84 Å². The van der Waals surface area contributed by atoms with Crippen LogP contribution in [0, 0.1) is 0 Å². The van der Waals surface area contributed by atoms with E-state index in [0.717, 1.165) is 5.69 Å². The number of carbonyl (C=O) groups is 2. The minimum atomic E-state index is -3.44. The summed E-state index contributed by atoms with van der Waals surface area (Å²) in [4.78, 5) is 26.6. The molecule has 9 nitrogen and oxygen atoms in total. The molecular weight excluding hydrogens is 420 g/mol. The van der Waals surface area contributed by atoms with Gasteiger partial charge in [0, 0.05) is 24.2 Å². The molecule has 3 aromatic rings. The highest BCUT2D eigenvalue weighted by Crippen LogP contribution is 2.31. The van der Waals surface area contributed by atoms with Crippen LogP contribution in [0.4, 0.5) is 11.7 Å². The molecule has 1 saturated heterocycles. The molecule has 2 heterocycles. The minimum absolute atomic E-state index is 0.0473. The highest BCUT2D eigenvalue weighted by Gasteiger charge is 2.35. The van der Waals surface area contributed by atoms with E-state index in [1.54, 1.807) is 4.90 Å². The largest absolute Gasteiger partial charge is 0.407 e. The summed E-state index contributed by atoms with van der Waals surface area (Å²) >= 11 is 0. The summed E-state index contributed by atoms with van der Waals surface area (Å²) < 4.78 is 29.6. The van der Waals surface area contributed by atoms with Gasteiger partial charge in [0.2, 0.25) is 11.8 Å². The number of nitrogens with zero attached hydrogens (tertiary/aromatic N) is 3. The Balaban J connectivity index is 1.46. The van der Waals surface area contributed by atoms with E-state index in [9.17, 15) is 18.0 Å². The molecule has 1 fully saturated rings. The van der Waals surface area contributed by atoms with E-state index >= 15 is 0 Å². The quantitative estimate of drug-likeness (QED) is 0.625. The molecule has 1 aliphatic heterocycles. The third-order valence-electron chi connectivity index (χ3n) is 5.04. The summed E-state index contributed by atoms with van der Waals surface area (Å²) in [6.07, 6.45) is 0.224. The van der Waals surface area contributed by atoms with E-state index in [0.29, 0.717) is 6.54 Å². The van der Waals surface area contributed by atoms with Crippen molar-refractivity contribution in [2.45, 2.75) is 24.2 Å². The van der Waals surface area contributed by atoms with E-state index in [1.165, 1.54) is 31.2 Å². The number of benzene rings is 2.